The van der Waals surface area contributed by atoms with Crippen molar-refractivity contribution in [2.75, 3.05) is 18.5 Å². The summed E-state index contributed by atoms with van der Waals surface area (Å²) in [4.78, 5) is 17.7. The third kappa shape index (κ3) is 1.76. The van der Waals surface area contributed by atoms with Gasteiger partial charge in [0.25, 0.3) is 0 Å². The quantitative estimate of drug-likeness (QED) is 0.767. The Kier molecular flexibility index (Phi) is 2.55. The Morgan fingerprint density at radius 2 is 2.44 bits per heavy atom. The molecule has 0 bridgehead atoms. The molecule has 2 heterocycles. The molecule has 1 saturated carbocycles. The number of rotatable bonds is 4. The van der Waals surface area contributed by atoms with E-state index < -0.39 is 0 Å². The molecule has 1 aliphatic rings. The molecule has 2 aromatic heterocycles. The van der Waals surface area contributed by atoms with Crippen LogP contribution in [-0.2, 0) is 0 Å². The Morgan fingerprint density at radius 1 is 1.67 bits per heavy atom. The van der Waals surface area contributed by atoms with E-state index in [9.17, 15) is 4.79 Å². The van der Waals surface area contributed by atoms with Crippen molar-refractivity contribution in [3.8, 4) is 0 Å². The molecule has 7 nitrogen and oxygen atoms in total. The number of fused-ring (bicyclic) bond motifs is 1. The van der Waals surface area contributed by atoms with Crippen LogP contribution in [0.15, 0.2) is 17.2 Å². The molecule has 0 spiro atoms. The lowest BCUT2D eigenvalue weighted by molar-refractivity contribution is 0.566. The van der Waals surface area contributed by atoms with Gasteiger partial charge in [0.2, 0.25) is 0 Å². The van der Waals surface area contributed by atoms with Gasteiger partial charge in [-0.2, -0.15) is 5.10 Å². The molecule has 18 heavy (non-hydrogen) atoms. The molecule has 1 aliphatic carbocycles. The molecule has 7 heteroatoms. The molecule has 1 unspecified atom stereocenters. The summed E-state index contributed by atoms with van der Waals surface area (Å²) in [5.41, 5.74) is 6.12. The van der Waals surface area contributed by atoms with Gasteiger partial charge in [-0.25, -0.2) is 19.3 Å². The molecule has 96 valence electrons. The fourth-order valence-electron chi connectivity index (χ4n) is 2.31. The Labute approximate surface area is 104 Å². The van der Waals surface area contributed by atoms with Crippen LogP contribution in [-0.4, -0.2) is 39.2 Å². The van der Waals surface area contributed by atoms with Gasteiger partial charge in [-0.05, 0) is 18.8 Å². The van der Waals surface area contributed by atoms with Crippen molar-refractivity contribution in [3.63, 3.8) is 0 Å². The number of nitrogens with one attached hydrogen (secondary N) is 1. The maximum absolute atomic E-state index is 11.3. The molecule has 0 saturated heterocycles. The highest BCUT2D eigenvalue weighted by atomic mass is 16.1. The third-order valence-corrected chi connectivity index (χ3v) is 3.56. The number of nitrogens with two attached hydrogens (primary N) is 1. The number of hydrogen-bond acceptors (Lipinski definition) is 5. The van der Waals surface area contributed by atoms with Crippen molar-refractivity contribution in [2.24, 2.45) is 11.7 Å². The minimum Gasteiger partial charge on any atom is -0.355 e. The lowest BCUT2D eigenvalue weighted by Crippen LogP contribution is -2.40. The van der Waals surface area contributed by atoms with E-state index in [4.69, 9.17) is 5.73 Å². The van der Waals surface area contributed by atoms with E-state index >= 15 is 0 Å². The second-order valence-electron chi connectivity index (χ2n) is 4.76. The van der Waals surface area contributed by atoms with Crippen LogP contribution in [0.25, 0.3) is 5.65 Å². The predicted octanol–water partition coefficient (Wildman–Crippen LogP) is -0.409. The Morgan fingerprint density at radius 3 is 3.11 bits per heavy atom. The molecule has 0 aromatic carbocycles. The van der Waals surface area contributed by atoms with Crippen LogP contribution in [0.2, 0.25) is 0 Å². The van der Waals surface area contributed by atoms with Crippen molar-refractivity contribution >= 4 is 11.5 Å². The summed E-state index contributed by atoms with van der Waals surface area (Å²) in [5.74, 6) is 1.46. The van der Waals surface area contributed by atoms with Crippen LogP contribution >= 0.6 is 0 Å². The number of aromatic amines is 1. The maximum atomic E-state index is 11.3. The first-order valence-corrected chi connectivity index (χ1v) is 6.06. The van der Waals surface area contributed by atoms with Gasteiger partial charge in [0.1, 0.15) is 12.1 Å². The average molecular weight is 248 g/mol. The third-order valence-electron chi connectivity index (χ3n) is 3.56. The summed E-state index contributed by atoms with van der Waals surface area (Å²) < 4.78 is 1.38. The van der Waals surface area contributed by atoms with Gasteiger partial charge in [-0.15, -0.1) is 0 Å². The molecule has 0 radical (unpaired) electrons. The molecule has 1 atom stereocenters. The number of anilines is 1. The van der Waals surface area contributed by atoms with E-state index in [1.807, 2.05) is 7.05 Å². The van der Waals surface area contributed by atoms with Crippen LogP contribution in [0.3, 0.4) is 0 Å². The Hall–Kier alpha value is -1.89. The van der Waals surface area contributed by atoms with Crippen molar-refractivity contribution in [2.45, 2.75) is 18.9 Å². The number of likely N-dealkylation sites (N-methyl/N-ethyl adjacent to an activating group) is 1. The summed E-state index contributed by atoms with van der Waals surface area (Å²) >= 11 is 0. The largest absolute Gasteiger partial charge is 0.355 e. The first-order chi connectivity index (χ1) is 8.70. The van der Waals surface area contributed by atoms with Crippen molar-refractivity contribution in [3.05, 3.63) is 22.9 Å². The molecule has 0 aliphatic heterocycles. The topological polar surface area (TPSA) is 92.3 Å². The highest BCUT2D eigenvalue weighted by molar-refractivity contribution is 5.50. The molecule has 0 amide bonds. The zero-order valence-electron chi connectivity index (χ0n) is 10.2. The average Bonchev–Trinajstić information content (AvgIpc) is 3.15. The maximum Gasteiger partial charge on any atom is 0.348 e. The van der Waals surface area contributed by atoms with Crippen molar-refractivity contribution in [1.82, 2.24) is 19.6 Å². The van der Waals surface area contributed by atoms with Gasteiger partial charge in [0, 0.05) is 25.7 Å². The molecule has 3 N–H and O–H groups in total. The van der Waals surface area contributed by atoms with Gasteiger partial charge in [0.05, 0.1) is 0 Å². The van der Waals surface area contributed by atoms with Crippen LogP contribution in [0.1, 0.15) is 12.8 Å². The van der Waals surface area contributed by atoms with Gasteiger partial charge >= 0.3 is 5.69 Å². The lowest BCUT2D eigenvalue weighted by atomic mass is 10.1. The number of nitrogens with zero attached hydrogens (tertiary/aromatic N) is 4. The fraction of sp³-hybridized carbons (Fsp3) is 0.545. The monoisotopic (exact) mass is 248 g/mol. The lowest BCUT2D eigenvalue weighted by Gasteiger charge is -2.27. The molecular formula is C11H16N6O. The van der Waals surface area contributed by atoms with Crippen molar-refractivity contribution in [1.29, 1.82) is 0 Å². The number of hydrogen-bond donors (Lipinski definition) is 2. The molecular weight excluding hydrogens is 232 g/mol. The minimum absolute atomic E-state index is 0.274. The van der Waals surface area contributed by atoms with E-state index in [-0.39, 0.29) is 5.69 Å². The van der Waals surface area contributed by atoms with Gasteiger partial charge in [-0.3, -0.25) is 0 Å². The van der Waals surface area contributed by atoms with Crippen molar-refractivity contribution < 1.29 is 0 Å². The van der Waals surface area contributed by atoms with E-state index in [1.54, 1.807) is 6.07 Å². The SMILES string of the molecule is CN(c1cc2n[nH]c(=O)n2cn1)C(CN)C1CC1. The first kappa shape index (κ1) is 11.2. The van der Waals surface area contributed by atoms with Crippen LogP contribution < -0.4 is 16.3 Å². The van der Waals surface area contributed by atoms with Gasteiger partial charge < -0.3 is 10.6 Å². The highest BCUT2D eigenvalue weighted by Crippen LogP contribution is 2.35. The van der Waals surface area contributed by atoms with Crippen LogP contribution in [0.5, 0.6) is 0 Å². The Balaban J connectivity index is 1.95. The molecule has 3 rings (SSSR count). The van der Waals surface area contributed by atoms with E-state index in [0.717, 1.165) is 5.82 Å². The number of H-pyrrole nitrogens is 1. The predicted molar refractivity (Wildman–Crippen MR) is 67.6 cm³/mol. The van der Waals surface area contributed by atoms with Gasteiger partial charge in [0.15, 0.2) is 5.65 Å². The summed E-state index contributed by atoms with van der Waals surface area (Å²) in [6.07, 6.45) is 3.96. The minimum atomic E-state index is -0.274. The second-order valence-corrected chi connectivity index (χ2v) is 4.76. The van der Waals surface area contributed by atoms with Gasteiger partial charge in [-0.1, -0.05) is 0 Å². The zero-order chi connectivity index (χ0) is 12.7. The highest BCUT2D eigenvalue weighted by Gasteiger charge is 2.33. The van der Waals surface area contributed by atoms with Crippen LogP contribution in [0, 0.1) is 5.92 Å². The fourth-order valence-corrected chi connectivity index (χ4v) is 2.31. The summed E-state index contributed by atoms with van der Waals surface area (Å²) in [7, 11) is 1.99. The standard InChI is InChI=1S/C11H16N6O/c1-16(8(5-12)7-2-3-7)9-4-10-14-15-11(18)17(10)6-13-9/h4,6-8H,2-3,5,12H2,1H3,(H,15,18). The smallest absolute Gasteiger partial charge is 0.348 e. The Bertz CT molecular complexity index is 613. The van der Waals surface area contributed by atoms with E-state index in [1.165, 1.54) is 23.6 Å². The summed E-state index contributed by atoms with van der Waals surface area (Å²) in [6.45, 7) is 0.612. The van der Waals surface area contributed by atoms with E-state index in [2.05, 4.69) is 20.1 Å². The normalized spacial score (nSPS) is 17.0. The number of aromatic nitrogens is 4. The first-order valence-electron chi connectivity index (χ1n) is 6.06. The zero-order valence-corrected chi connectivity index (χ0v) is 10.2. The summed E-state index contributed by atoms with van der Waals surface area (Å²) in [6, 6.07) is 2.11. The second kappa shape index (κ2) is 4.09. The summed E-state index contributed by atoms with van der Waals surface area (Å²) in [5, 5.41) is 6.33. The molecule has 2 aromatic rings. The van der Waals surface area contributed by atoms with Crippen LogP contribution in [0.4, 0.5) is 5.82 Å². The molecule has 1 fully saturated rings. The van der Waals surface area contributed by atoms with E-state index in [0.29, 0.717) is 24.2 Å².